The van der Waals surface area contributed by atoms with Gasteiger partial charge in [0.05, 0.1) is 0 Å². The van der Waals surface area contributed by atoms with Gasteiger partial charge in [0, 0.05) is 22.3 Å². The van der Waals surface area contributed by atoms with Gasteiger partial charge in [0.25, 0.3) is 0 Å². The Labute approximate surface area is 234 Å². The third-order valence-corrected chi connectivity index (χ3v) is 7.19. The molecule has 1 aliphatic heterocycles. The van der Waals surface area contributed by atoms with Crippen LogP contribution in [0.1, 0.15) is 114 Å². The molecule has 0 atom stereocenters. The molecule has 0 aliphatic carbocycles. The summed E-state index contributed by atoms with van der Waals surface area (Å²) in [6, 6.07) is 17.6. The molecule has 3 rings (SSSR count). The Kier molecular flexibility index (Phi) is 14.8. The first-order chi connectivity index (χ1) is 18.0. The van der Waals surface area contributed by atoms with E-state index < -0.39 is 0 Å². The van der Waals surface area contributed by atoms with Crippen molar-refractivity contribution in [2.75, 3.05) is 0 Å². The third-order valence-electron chi connectivity index (χ3n) is 7.19. The Balaban J connectivity index is 0.00000153. The number of hydrogen-bond acceptors (Lipinski definition) is 0. The molecule has 0 unspecified atom stereocenters. The standard InChI is InChI=1S/C32H44N2.2CH3.Ni/c1-5-8-10-11-12-14-16-26-20-22-28(23-21-26)32-30(7-3)25(4)31(34(32)33)29-19-15-18-27(24-29)17-13-9-6-2;;;/h15,18-24H,5-14,16-17H2,1-4H3;2*1H3;. The fraction of sp³-hybridized carbons (Fsp3) is 0.529. The summed E-state index contributed by atoms with van der Waals surface area (Å²) in [5.41, 5.74) is 20.6. The molecule has 206 valence electrons. The number of rotatable bonds is 14. The number of hydrogen-bond donors (Lipinski definition) is 0. The van der Waals surface area contributed by atoms with Crippen LogP contribution in [0.5, 0.6) is 0 Å². The summed E-state index contributed by atoms with van der Waals surface area (Å²) in [5, 5.41) is 0. The fourth-order valence-electron chi connectivity index (χ4n) is 5.18. The maximum atomic E-state index is 11.4. The molecular weight excluding hydrogens is 495 g/mol. The monoisotopic (exact) mass is 544 g/mol. The van der Waals surface area contributed by atoms with E-state index in [2.05, 4.69) is 88.0 Å². The van der Waals surface area contributed by atoms with E-state index in [1.54, 1.807) is 14.4 Å². The van der Waals surface area contributed by atoms with Gasteiger partial charge in [-0.3, -0.25) is 0 Å². The zero-order valence-electron chi connectivity index (χ0n) is 24.3. The van der Waals surface area contributed by atoms with Crippen molar-refractivity contribution in [3.63, 3.8) is 0 Å². The second kappa shape index (κ2) is 17.5. The number of benzene rings is 2. The van der Waals surface area contributed by atoms with Crippen molar-refractivity contribution >= 4 is 11.4 Å². The van der Waals surface area contributed by atoms with Crippen LogP contribution >= 0.6 is 0 Å². The molecule has 2 aromatic rings. The zero-order chi connectivity index (χ0) is 27.0. The van der Waals surface area contributed by atoms with Crippen molar-refractivity contribution in [3.8, 4) is 0 Å². The van der Waals surface area contributed by atoms with Gasteiger partial charge in [0.15, 0.2) is 0 Å². The minimum absolute atomic E-state index is 0.900. The molecule has 0 fully saturated rings. The topological polar surface area (TPSA) is 25.3 Å². The molecule has 1 heterocycles. The summed E-state index contributed by atoms with van der Waals surface area (Å²) in [5.74, 6) is 4.12. The molecule has 2 nitrogen and oxygen atoms in total. The van der Waals surface area contributed by atoms with Crippen molar-refractivity contribution in [1.82, 2.24) is 0 Å². The minimum atomic E-state index is 0.900. The molecule has 0 aromatic heterocycles. The van der Waals surface area contributed by atoms with E-state index in [1.165, 1.54) is 84.8 Å². The van der Waals surface area contributed by atoms with Crippen LogP contribution in [0.4, 0.5) is 0 Å². The summed E-state index contributed by atoms with van der Waals surface area (Å²) in [7, 11) is 0. The molecule has 0 bridgehead atoms. The van der Waals surface area contributed by atoms with E-state index in [0.717, 1.165) is 41.8 Å². The van der Waals surface area contributed by atoms with Gasteiger partial charge in [-0.25, -0.2) is 4.70 Å². The van der Waals surface area contributed by atoms with E-state index in [9.17, 15) is 5.53 Å². The molecule has 0 saturated carbocycles. The van der Waals surface area contributed by atoms with Gasteiger partial charge in [-0.15, -0.1) is 0 Å². The fourth-order valence-corrected chi connectivity index (χ4v) is 5.18. The average molecular weight is 545 g/mol. The molecule has 0 N–H and O–H groups in total. The number of unbranched alkanes of at least 4 members (excludes halogenated alkanes) is 7. The quantitative estimate of drug-likeness (QED) is 0.128. The van der Waals surface area contributed by atoms with Crippen LogP contribution in [0.2, 0.25) is 11.8 Å². The molecule has 2 aromatic carbocycles. The number of aryl methyl sites for hydroxylation is 2. The van der Waals surface area contributed by atoms with Gasteiger partial charge in [0.2, 0.25) is 11.4 Å². The maximum absolute atomic E-state index is 11.4. The molecule has 1 aliphatic rings. The van der Waals surface area contributed by atoms with E-state index in [0.29, 0.717) is 0 Å². The summed E-state index contributed by atoms with van der Waals surface area (Å²) in [6.07, 6.45) is 14.8. The van der Waals surface area contributed by atoms with Crippen LogP contribution in [0, 0.1) is 0 Å². The van der Waals surface area contributed by atoms with E-state index in [4.69, 9.17) is 0 Å². The van der Waals surface area contributed by atoms with E-state index >= 15 is 0 Å². The van der Waals surface area contributed by atoms with E-state index in [-0.39, 0.29) is 0 Å². The van der Waals surface area contributed by atoms with Crippen molar-refractivity contribution in [1.29, 1.82) is 0 Å². The van der Waals surface area contributed by atoms with Crippen LogP contribution in [0.15, 0.2) is 59.7 Å². The number of nitrogens with zero attached hydrogens (tertiary/aromatic N) is 2. The Bertz CT molecular complexity index is 1030. The summed E-state index contributed by atoms with van der Waals surface area (Å²) < 4.78 is 1.45. The first-order valence-electron chi connectivity index (χ1n) is 14.4. The summed E-state index contributed by atoms with van der Waals surface area (Å²) in [4.78, 5) is 0. The predicted octanol–water partition coefficient (Wildman–Crippen LogP) is 11.1. The van der Waals surface area contributed by atoms with Crippen molar-refractivity contribution in [2.45, 2.75) is 117 Å². The van der Waals surface area contributed by atoms with Gasteiger partial charge < -0.3 is 5.53 Å². The molecule has 0 spiro atoms. The number of allylic oxidation sites excluding steroid dienone is 2. The first-order valence-corrected chi connectivity index (χ1v) is 16.3. The zero-order valence-corrected chi connectivity index (χ0v) is 25.3. The van der Waals surface area contributed by atoms with Gasteiger partial charge in [-0.05, 0) is 74.4 Å². The Morgan fingerprint density at radius 1 is 0.676 bits per heavy atom. The first kappa shape index (κ1) is 31.2. The Morgan fingerprint density at radius 3 is 1.89 bits per heavy atom. The Morgan fingerprint density at radius 2 is 1.24 bits per heavy atom. The van der Waals surface area contributed by atoms with Crippen LogP contribution in [0.25, 0.3) is 16.9 Å². The molecular formula is C34H50N2Ni. The van der Waals surface area contributed by atoms with Crippen molar-refractivity contribution in [2.24, 2.45) is 0 Å². The van der Waals surface area contributed by atoms with Crippen molar-refractivity contribution < 1.29 is 19.1 Å². The van der Waals surface area contributed by atoms with Crippen LogP contribution in [-0.2, 0) is 27.3 Å². The molecule has 37 heavy (non-hydrogen) atoms. The second-order valence-electron chi connectivity index (χ2n) is 10.2. The SMILES string of the molecule is CCCCCCCCc1ccc(C2=C(CC)C(C)=C(c3cccc(CCCCC)c3)[N+]2=[N-])cc1.[CH3][Ni][CH3]. The normalized spacial score (nSPS) is 13.4. The van der Waals surface area contributed by atoms with Crippen molar-refractivity contribution in [3.05, 3.63) is 87.5 Å². The van der Waals surface area contributed by atoms with Crippen LogP contribution in [0.3, 0.4) is 0 Å². The van der Waals surface area contributed by atoms with E-state index in [1.807, 2.05) is 0 Å². The van der Waals surface area contributed by atoms with Gasteiger partial charge >= 0.3 is 26.2 Å². The molecule has 0 amide bonds. The Hall–Kier alpha value is -1.99. The third kappa shape index (κ3) is 9.36. The average Bonchev–Trinajstić information content (AvgIpc) is 3.16. The van der Waals surface area contributed by atoms with Gasteiger partial charge in [-0.2, -0.15) is 0 Å². The molecule has 0 saturated heterocycles. The van der Waals surface area contributed by atoms with Crippen LogP contribution < -0.4 is 0 Å². The van der Waals surface area contributed by atoms with Crippen LogP contribution in [-0.4, -0.2) is 4.70 Å². The van der Waals surface area contributed by atoms with Gasteiger partial charge in [0.1, 0.15) is 0 Å². The summed E-state index contributed by atoms with van der Waals surface area (Å²) in [6.45, 7) is 8.85. The second-order valence-corrected chi connectivity index (χ2v) is 11.1. The molecule has 3 heteroatoms. The predicted molar refractivity (Wildman–Crippen MR) is 158 cm³/mol. The van der Waals surface area contributed by atoms with Gasteiger partial charge in [-0.1, -0.05) is 90.0 Å². The molecule has 0 radical (unpaired) electrons. The summed E-state index contributed by atoms with van der Waals surface area (Å²) >= 11 is 1.62.